The summed E-state index contributed by atoms with van der Waals surface area (Å²) in [6.07, 6.45) is 2.70. The third-order valence-corrected chi connectivity index (χ3v) is 6.41. The van der Waals surface area contributed by atoms with Crippen molar-refractivity contribution in [1.29, 1.82) is 0 Å². The molecule has 2 unspecified atom stereocenters. The molecule has 0 bridgehead atoms. The summed E-state index contributed by atoms with van der Waals surface area (Å²) in [7, 11) is -2.04. The van der Waals surface area contributed by atoms with Crippen LogP contribution < -0.4 is 10.5 Å². The number of rotatable bonds is 4. The monoisotopic (exact) mass is 412 g/mol. The highest BCUT2D eigenvalue weighted by Crippen LogP contribution is 2.31. The Morgan fingerprint density at radius 2 is 2.09 bits per heavy atom. The van der Waals surface area contributed by atoms with Crippen molar-refractivity contribution in [2.24, 2.45) is 5.73 Å². The summed E-state index contributed by atoms with van der Waals surface area (Å²) in [5.74, 6) is 0.505. The number of hydrogen-bond donors (Lipinski definition) is 1. The zero-order valence-corrected chi connectivity index (χ0v) is 15.9. The summed E-state index contributed by atoms with van der Waals surface area (Å²) < 4.78 is 33.2. The van der Waals surface area contributed by atoms with Crippen molar-refractivity contribution in [2.75, 3.05) is 13.7 Å². The van der Waals surface area contributed by atoms with Crippen LogP contribution in [0.25, 0.3) is 0 Å². The Morgan fingerprint density at radius 1 is 1.41 bits per heavy atom. The van der Waals surface area contributed by atoms with Crippen LogP contribution in [0.1, 0.15) is 26.2 Å². The largest absolute Gasteiger partial charge is 0.496 e. The van der Waals surface area contributed by atoms with E-state index in [0.29, 0.717) is 12.3 Å². The fraction of sp³-hybridized carbons (Fsp3) is 0.571. The van der Waals surface area contributed by atoms with Crippen LogP contribution in [-0.2, 0) is 10.0 Å². The Hall–Kier alpha value is -0.340. The lowest BCUT2D eigenvalue weighted by molar-refractivity contribution is 0.227. The second kappa shape index (κ2) is 7.97. The molecule has 2 atom stereocenters. The van der Waals surface area contributed by atoms with Crippen LogP contribution in [0.5, 0.6) is 5.75 Å². The molecule has 0 radical (unpaired) electrons. The van der Waals surface area contributed by atoms with E-state index in [4.69, 9.17) is 10.5 Å². The molecule has 1 aliphatic rings. The minimum absolute atomic E-state index is 0. The van der Waals surface area contributed by atoms with Gasteiger partial charge in [0, 0.05) is 24.7 Å². The molecular formula is C14H22BrClN2O3S. The minimum atomic E-state index is -3.55. The molecule has 0 spiro atoms. The molecule has 8 heteroatoms. The number of sulfonamides is 1. The van der Waals surface area contributed by atoms with Gasteiger partial charge in [-0.25, -0.2) is 8.42 Å². The Labute approximate surface area is 146 Å². The Balaban J connectivity index is 0.00000242. The number of nitrogens with two attached hydrogens (primary N) is 1. The zero-order valence-electron chi connectivity index (χ0n) is 12.7. The molecule has 1 aromatic rings. The van der Waals surface area contributed by atoms with Crippen molar-refractivity contribution in [3.05, 3.63) is 22.7 Å². The average Bonchev–Trinajstić information content (AvgIpc) is 2.47. The van der Waals surface area contributed by atoms with Gasteiger partial charge in [0.05, 0.1) is 16.5 Å². The molecule has 0 amide bonds. The molecule has 2 rings (SSSR count). The molecule has 1 saturated heterocycles. The highest BCUT2D eigenvalue weighted by atomic mass is 79.9. The van der Waals surface area contributed by atoms with E-state index in [-0.39, 0.29) is 29.4 Å². The van der Waals surface area contributed by atoms with Gasteiger partial charge >= 0.3 is 0 Å². The Morgan fingerprint density at radius 3 is 2.68 bits per heavy atom. The van der Waals surface area contributed by atoms with Gasteiger partial charge in [-0.3, -0.25) is 0 Å². The molecule has 1 aliphatic heterocycles. The van der Waals surface area contributed by atoms with Crippen LogP contribution in [0.4, 0.5) is 0 Å². The van der Waals surface area contributed by atoms with Gasteiger partial charge in [0.25, 0.3) is 0 Å². The first kappa shape index (κ1) is 19.7. The summed E-state index contributed by atoms with van der Waals surface area (Å²) in [6.45, 7) is 2.38. The van der Waals surface area contributed by atoms with Gasteiger partial charge in [-0.05, 0) is 47.8 Å². The topological polar surface area (TPSA) is 72.6 Å². The van der Waals surface area contributed by atoms with Gasteiger partial charge in [-0.15, -0.1) is 12.4 Å². The van der Waals surface area contributed by atoms with Crippen LogP contribution in [-0.4, -0.2) is 38.5 Å². The van der Waals surface area contributed by atoms with Gasteiger partial charge in [0.2, 0.25) is 10.0 Å². The molecule has 0 aliphatic carbocycles. The highest BCUT2D eigenvalue weighted by Gasteiger charge is 2.35. The highest BCUT2D eigenvalue weighted by molar-refractivity contribution is 9.10. The lowest BCUT2D eigenvalue weighted by atomic mass is 10.00. The van der Waals surface area contributed by atoms with E-state index in [2.05, 4.69) is 15.9 Å². The van der Waals surface area contributed by atoms with Gasteiger partial charge in [-0.2, -0.15) is 4.31 Å². The lowest BCUT2D eigenvalue weighted by Crippen LogP contribution is -2.51. The third-order valence-electron chi connectivity index (χ3n) is 3.83. The quantitative estimate of drug-likeness (QED) is 0.824. The first-order chi connectivity index (χ1) is 9.87. The number of piperidine rings is 1. The van der Waals surface area contributed by atoms with Crippen molar-refractivity contribution in [1.82, 2.24) is 4.31 Å². The SMILES string of the molecule is COc1cc(S(=O)(=O)N2CCCCC2C(C)N)ccc1Br.Cl. The Bertz CT molecular complexity index is 610. The maximum atomic E-state index is 12.9. The van der Waals surface area contributed by atoms with Gasteiger partial charge in [0.15, 0.2) is 0 Å². The molecule has 22 heavy (non-hydrogen) atoms. The predicted molar refractivity (Wildman–Crippen MR) is 93.1 cm³/mol. The van der Waals surface area contributed by atoms with Crippen LogP contribution >= 0.6 is 28.3 Å². The maximum Gasteiger partial charge on any atom is 0.243 e. The first-order valence-corrected chi connectivity index (χ1v) is 9.22. The molecule has 1 aromatic carbocycles. The van der Waals surface area contributed by atoms with E-state index in [1.807, 2.05) is 6.92 Å². The summed E-state index contributed by atoms with van der Waals surface area (Å²) >= 11 is 3.34. The van der Waals surface area contributed by atoms with E-state index in [1.165, 1.54) is 7.11 Å². The number of methoxy groups -OCH3 is 1. The van der Waals surface area contributed by atoms with Crippen LogP contribution in [0.3, 0.4) is 0 Å². The maximum absolute atomic E-state index is 12.9. The molecule has 1 heterocycles. The van der Waals surface area contributed by atoms with Crippen molar-refractivity contribution < 1.29 is 13.2 Å². The normalized spacial score (nSPS) is 21.0. The molecule has 5 nitrogen and oxygen atoms in total. The molecule has 2 N–H and O–H groups in total. The van der Waals surface area contributed by atoms with E-state index >= 15 is 0 Å². The number of benzene rings is 1. The van der Waals surface area contributed by atoms with E-state index in [9.17, 15) is 8.42 Å². The molecule has 0 saturated carbocycles. The van der Waals surface area contributed by atoms with E-state index < -0.39 is 10.0 Å². The van der Waals surface area contributed by atoms with Crippen molar-refractivity contribution in [3.63, 3.8) is 0 Å². The summed E-state index contributed by atoms with van der Waals surface area (Å²) in [4.78, 5) is 0.245. The number of hydrogen-bond acceptors (Lipinski definition) is 4. The summed E-state index contributed by atoms with van der Waals surface area (Å²) in [5, 5.41) is 0. The van der Waals surface area contributed by atoms with Crippen LogP contribution in [0.15, 0.2) is 27.6 Å². The smallest absolute Gasteiger partial charge is 0.243 e. The standard InChI is InChI=1S/C14H21BrN2O3S.ClH/c1-10(16)13-5-3-4-8-17(13)21(18,19)11-6-7-12(15)14(9-11)20-2;/h6-7,9-10,13H,3-5,8,16H2,1-2H3;1H. The fourth-order valence-corrected chi connectivity index (χ4v) is 4.89. The number of halogens is 2. The second-order valence-corrected chi connectivity index (χ2v) is 8.08. The van der Waals surface area contributed by atoms with Gasteiger partial charge in [0.1, 0.15) is 5.75 Å². The van der Waals surface area contributed by atoms with E-state index in [1.54, 1.807) is 22.5 Å². The molecular weight excluding hydrogens is 392 g/mol. The van der Waals surface area contributed by atoms with Crippen molar-refractivity contribution in [2.45, 2.75) is 43.2 Å². The third kappa shape index (κ3) is 3.94. The van der Waals surface area contributed by atoms with Crippen molar-refractivity contribution in [3.8, 4) is 5.75 Å². The van der Waals surface area contributed by atoms with Crippen LogP contribution in [0, 0.1) is 0 Å². The summed E-state index contributed by atoms with van der Waals surface area (Å²) in [6, 6.07) is 4.51. The Kier molecular flexibility index (Phi) is 7.14. The minimum Gasteiger partial charge on any atom is -0.496 e. The van der Waals surface area contributed by atoms with Crippen LogP contribution in [0.2, 0.25) is 0 Å². The number of nitrogens with zero attached hydrogens (tertiary/aromatic N) is 1. The van der Waals surface area contributed by atoms with Gasteiger partial charge < -0.3 is 10.5 Å². The van der Waals surface area contributed by atoms with Crippen molar-refractivity contribution >= 4 is 38.4 Å². The molecule has 126 valence electrons. The first-order valence-electron chi connectivity index (χ1n) is 6.99. The van der Waals surface area contributed by atoms with E-state index in [0.717, 1.165) is 23.7 Å². The predicted octanol–water partition coefficient (Wildman–Crippen LogP) is 2.77. The average molecular weight is 414 g/mol. The summed E-state index contributed by atoms with van der Waals surface area (Å²) in [5.41, 5.74) is 5.97. The molecule has 1 fully saturated rings. The van der Waals surface area contributed by atoms with Gasteiger partial charge in [-0.1, -0.05) is 6.42 Å². The fourth-order valence-electron chi connectivity index (χ4n) is 2.69. The lowest BCUT2D eigenvalue weighted by Gasteiger charge is -2.36. The zero-order chi connectivity index (χ0) is 15.6. The second-order valence-electron chi connectivity index (χ2n) is 5.33. The molecule has 0 aromatic heterocycles. The number of ether oxygens (including phenoxy) is 1.